The van der Waals surface area contributed by atoms with Gasteiger partial charge >= 0.3 is 0 Å². The van der Waals surface area contributed by atoms with Crippen molar-refractivity contribution in [3.8, 4) is 0 Å². The molecule has 2 rings (SSSR count). The number of aryl methyl sites for hydroxylation is 1. The lowest BCUT2D eigenvalue weighted by molar-refractivity contribution is 0.103. The Morgan fingerprint density at radius 3 is 2.28 bits per heavy atom. The molecular formula is C16H18OS. The fourth-order valence-corrected chi connectivity index (χ4v) is 2.80. The first-order valence-corrected chi connectivity index (χ1v) is 6.97. The van der Waals surface area contributed by atoms with Crippen LogP contribution < -0.4 is 0 Å². The highest BCUT2D eigenvalue weighted by Gasteiger charge is 2.22. The fourth-order valence-electron chi connectivity index (χ4n) is 2.10. The molecule has 0 aliphatic rings. The molecule has 0 aliphatic carbocycles. The van der Waals surface area contributed by atoms with Crippen LogP contribution in [-0.4, -0.2) is 5.78 Å². The van der Waals surface area contributed by atoms with Crippen LogP contribution in [-0.2, 0) is 5.41 Å². The van der Waals surface area contributed by atoms with Crippen LogP contribution in [0.5, 0.6) is 0 Å². The Labute approximate surface area is 112 Å². The number of hydrogen-bond acceptors (Lipinski definition) is 2. The van der Waals surface area contributed by atoms with E-state index in [0.717, 1.165) is 21.6 Å². The first-order valence-electron chi connectivity index (χ1n) is 6.09. The minimum Gasteiger partial charge on any atom is -0.289 e. The predicted molar refractivity (Wildman–Crippen MR) is 77.6 cm³/mol. The molecular weight excluding hydrogens is 240 g/mol. The van der Waals surface area contributed by atoms with Crippen LogP contribution in [0.3, 0.4) is 0 Å². The fraction of sp³-hybridized carbons (Fsp3) is 0.312. The van der Waals surface area contributed by atoms with E-state index in [1.807, 2.05) is 36.6 Å². The van der Waals surface area contributed by atoms with Gasteiger partial charge in [0.05, 0.1) is 0 Å². The maximum Gasteiger partial charge on any atom is 0.194 e. The van der Waals surface area contributed by atoms with Crippen LogP contribution in [0.2, 0.25) is 0 Å². The summed E-state index contributed by atoms with van der Waals surface area (Å²) in [5.74, 6) is 0.138. The van der Waals surface area contributed by atoms with E-state index in [0.29, 0.717) is 0 Å². The molecule has 2 aromatic rings. The van der Waals surface area contributed by atoms with Crippen molar-refractivity contribution in [2.45, 2.75) is 33.1 Å². The average Bonchev–Trinajstić information content (AvgIpc) is 2.73. The summed E-state index contributed by atoms with van der Waals surface area (Å²) < 4.78 is 0. The molecule has 0 unspecified atom stereocenters. The monoisotopic (exact) mass is 258 g/mol. The number of rotatable bonds is 2. The minimum atomic E-state index is -0.0177. The second-order valence-electron chi connectivity index (χ2n) is 5.52. The smallest absolute Gasteiger partial charge is 0.194 e. The Morgan fingerprint density at radius 2 is 1.72 bits per heavy atom. The molecule has 94 valence electrons. The van der Waals surface area contributed by atoms with Crippen LogP contribution in [0.4, 0.5) is 0 Å². The first-order chi connectivity index (χ1) is 8.41. The maximum atomic E-state index is 12.6. The zero-order chi connectivity index (χ0) is 13.3. The van der Waals surface area contributed by atoms with Crippen LogP contribution in [0.15, 0.2) is 35.7 Å². The quantitative estimate of drug-likeness (QED) is 0.720. The van der Waals surface area contributed by atoms with E-state index in [2.05, 4.69) is 26.8 Å². The molecule has 1 nitrogen and oxygen atoms in total. The highest BCUT2D eigenvalue weighted by molar-refractivity contribution is 7.10. The van der Waals surface area contributed by atoms with Crippen LogP contribution in [0.25, 0.3) is 0 Å². The zero-order valence-electron chi connectivity index (χ0n) is 11.3. The topological polar surface area (TPSA) is 17.1 Å². The van der Waals surface area contributed by atoms with Crippen LogP contribution in [0.1, 0.15) is 47.1 Å². The summed E-state index contributed by atoms with van der Waals surface area (Å²) in [4.78, 5) is 13.7. The second kappa shape index (κ2) is 4.69. The molecule has 0 radical (unpaired) electrons. The number of thiophene rings is 1. The van der Waals surface area contributed by atoms with Gasteiger partial charge in [-0.1, -0.05) is 45.0 Å². The lowest BCUT2D eigenvalue weighted by Crippen LogP contribution is -2.17. The van der Waals surface area contributed by atoms with Crippen molar-refractivity contribution in [3.63, 3.8) is 0 Å². The van der Waals surface area contributed by atoms with Crippen molar-refractivity contribution < 1.29 is 4.79 Å². The molecule has 0 fully saturated rings. The van der Waals surface area contributed by atoms with Crippen molar-refractivity contribution in [2.75, 3.05) is 0 Å². The number of carbonyl (C=O) groups is 1. The molecule has 0 saturated heterocycles. The molecule has 0 N–H and O–H groups in total. The van der Waals surface area contributed by atoms with Crippen LogP contribution in [0, 0.1) is 6.92 Å². The van der Waals surface area contributed by atoms with Crippen molar-refractivity contribution in [1.82, 2.24) is 0 Å². The highest BCUT2D eigenvalue weighted by Crippen LogP contribution is 2.28. The summed E-state index contributed by atoms with van der Waals surface area (Å²) in [7, 11) is 0. The summed E-state index contributed by atoms with van der Waals surface area (Å²) in [5, 5.41) is 1.97. The van der Waals surface area contributed by atoms with Gasteiger partial charge in [-0.25, -0.2) is 0 Å². The van der Waals surface area contributed by atoms with Gasteiger partial charge in [0.25, 0.3) is 0 Å². The van der Waals surface area contributed by atoms with Gasteiger partial charge in [0.1, 0.15) is 0 Å². The molecule has 2 heteroatoms. The number of ketones is 1. The van der Waals surface area contributed by atoms with Gasteiger partial charge < -0.3 is 0 Å². The Hall–Kier alpha value is -1.41. The van der Waals surface area contributed by atoms with E-state index in [1.54, 1.807) is 11.3 Å². The Kier molecular flexibility index (Phi) is 3.40. The summed E-state index contributed by atoms with van der Waals surface area (Å²) >= 11 is 1.62. The second-order valence-corrected chi connectivity index (χ2v) is 6.64. The molecule has 0 spiro atoms. The van der Waals surface area contributed by atoms with Gasteiger partial charge in [-0.05, 0) is 29.3 Å². The third-order valence-electron chi connectivity index (χ3n) is 3.08. The lowest BCUT2D eigenvalue weighted by Gasteiger charge is -2.22. The average molecular weight is 258 g/mol. The highest BCUT2D eigenvalue weighted by atomic mass is 32.1. The molecule has 0 bridgehead atoms. The summed E-state index contributed by atoms with van der Waals surface area (Å²) in [6, 6.07) is 9.83. The molecule has 1 heterocycles. The third kappa shape index (κ3) is 2.39. The summed E-state index contributed by atoms with van der Waals surface area (Å²) in [5.41, 5.74) is 2.75. The number of carbonyl (C=O) groups excluding carboxylic acids is 1. The van der Waals surface area contributed by atoms with Crippen molar-refractivity contribution >= 4 is 17.1 Å². The SMILES string of the molecule is Cc1sccc1C(=O)c1ccccc1C(C)(C)C. The molecule has 18 heavy (non-hydrogen) atoms. The van der Waals surface area contributed by atoms with Crippen molar-refractivity contribution in [3.05, 3.63) is 57.3 Å². The number of hydrogen-bond donors (Lipinski definition) is 0. The van der Waals surface area contributed by atoms with Crippen LogP contribution >= 0.6 is 11.3 Å². The molecule has 0 saturated carbocycles. The Balaban J connectivity index is 2.53. The largest absolute Gasteiger partial charge is 0.289 e. The van der Waals surface area contributed by atoms with Gasteiger partial charge in [0, 0.05) is 16.0 Å². The van der Waals surface area contributed by atoms with E-state index in [4.69, 9.17) is 0 Å². The van der Waals surface area contributed by atoms with Gasteiger partial charge in [-0.2, -0.15) is 0 Å². The van der Waals surface area contributed by atoms with Gasteiger partial charge in [-0.15, -0.1) is 11.3 Å². The Bertz CT molecular complexity index is 573. The van der Waals surface area contributed by atoms with E-state index < -0.39 is 0 Å². The summed E-state index contributed by atoms with van der Waals surface area (Å²) in [6.07, 6.45) is 0. The van der Waals surface area contributed by atoms with Gasteiger partial charge in [-0.3, -0.25) is 4.79 Å². The van der Waals surface area contributed by atoms with E-state index >= 15 is 0 Å². The zero-order valence-corrected chi connectivity index (χ0v) is 12.1. The lowest BCUT2D eigenvalue weighted by atomic mass is 9.82. The summed E-state index contributed by atoms with van der Waals surface area (Å²) in [6.45, 7) is 8.41. The normalized spacial score (nSPS) is 11.6. The standard InChI is InChI=1S/C16H18OS/c1-11-12(9-10-18-11)15(17)13-7-5-6-8-14(13)16(2,3)4/h5-10H,1-4H3. The molecule has 1 aromatic carbocycles. The number of benzene rings is 1. The van der Waals surface area contributed by atoms with Crippen molar-refractivity contribution in [1.29, 1.82) is 0 Å². The third-order valence-corrected chi connectivity index (χ3v) is 3.93. The maximum absolute atomic E-state index is 12.6. The predicted octanol–water partition coefficient (Wildman–Crippen LogP) is 4.59. The molecule has 1 aromatic heterocycles. The van der Waals surface area contributed by atoms with E-state index in [-0.39, 0.29) is 11.2 Å². The van der Waals surface area contributed by atoms with Gasteiger partial charge in [0.15, 0.2) is 5.78 Å². The molecule has 0 aliphatic heterocycles. The van der Waals surface area contributed by atoms with E-state index in [1.165, 1.54) is 0 Å². The first kappa shape index (κ1) is 13.0. The van der Waals surface area contributed by atoms with Crippen molar-refractivity contribution in [2.24, 2.45) is 0 Å². The van der Waals surface area contributed by atoms with E-state index in [9.17, 15) is 4.79 Å². The van der Waals surface area contributed by atoms with Gasteiger partial charge in [0.2, 0.25) is 0 Å². The molecule has 0 atom stereocenters. The molecule has 0 amide bonds. The minimum absolute atomic E-state index is 0.0177. The Morgan fingerprint density at radius 1 is 1.06 bits per heavy atom.